The van der Waals surface area contributed by atoms with E-state index in [1.165, 1.54) is 31.2 Å². The molecule has 15 nitrogen and oxygen atoms in total. The van der Waals surface area contributed by atoms with E-state index in [4.69, 9.17) is 23.4 Å². The van der Waals surface area contributed by atoms with Gasteiger partial charge in [0, 0.05) is 17.7 Å². The Balaban J connectivity index is 1.49. The molecule has 0 spiro atoms. The van der Waals surface area contributed by atoms with Gasteiger partial charge in [-0.05, 0) is 31.2 Å². The van der Waals surface area contributed by atoms with E-state index < -0.39 is 96.1 Å². The fraction of sp³-hybridized carbons (Fsp3) is 0.444. The summed E-state index contributed by atoms with van der Waals surface area (Å²) >= 11 is 0. The van der Waals surface area contributed by atoms with Crippen LogP contribution in [0.25, 0.3) is 22.3 Å². The maximum atomic E-state index is 13.0. The highest BCUT2D eigenvalue weighted by Crippen LogP contribution is 2.43. The molecule has 3 heterocycles. The predicted octanol–water partition coefficient (Wildman–Crippen LogP) is -1.39. The third kappa shape index (κ3) is 5.37. The summed E-state index contributed by atoms with van der Waals surface area (Å²) in [7, 11) is 0. The van der Waals surface area contributed by atoms with Crippen molar-refractivity contribution in [3.63, 3.8) is 0 Å². The Hall–Kier alpha value is -3.51. The minimum absolute atomic E-state index is 0.0138. The molecule has 1 aromatic heterocycles. The van der Waals surface area contributed by atoms with E-state index in [1.807, 2.05) is 0 Å². The summed E-state index contributed by atoms with van der Waals surface area (Å²) in [5.41, 5.74) is -0.541. The SMILES string of the molecule is CC1O[C@@H](OC2[C@H](Oc3c(O)cc4oc(-c5ccc(O)cc5)cc(=O)c4c3O)OC(CO)[C@H](O)[C@@H]2O)C(O)[C@@H](O)[C@H]1O. The number of benzene rings is 2. The second-order valence-corrected chi connectivity index (χ2v) is 10.1. The molecule has 9 N–H and O–H groups in total. The summed E-state index contributed by atoms with van der Waals surface area (Å²) in [6.07, 6.45) is -16.3. The highest BCUT2D eigenvalue weighted by molar-refractivity contribution is 5.89. The highest BCUT2D eigenvalue weighted by Gasteiger charge is 2.51. The molecule has 2 aliphatic rings. The standard InChI is InChI=1S/C27H30O15/c1-9-18(32)21(35)23(37)26(38-9)42-25-22(36)19(33)16(8-28)40-27(25)41-24-13(31)7-15-17(20(24)34)12(30)6-14(39-15)10-2-4-11(29)5-3-10/h2-7,9,16,18-19,21-23,25-29,31-37H,8H2,1H3/t9?,16?,18-,19-,21-,22-,23?,25?,26-,27-/m0/s1. The molecular weight excluding hydrogens is 564 g/mol. The molecule has 0 aliphatic carbocycles. The zero-order valence-corrected chi connectivity index (χ0v) is 21.9. The first-order valence-corrected chi connectivity index (χ1v) is 12.9. The zero-order chi connectivity index (χ0) is 30.5. The Morgan fingerprint density at radius 3 is 2.19 bits per heavy atom. The summed E-state index contributed by atoms with van der Waals surface area (Å²) in [6, 6.07) is 7.78. The lowest BCUT2D eigenvalue weighted by Crippen LogP contribution is -2.64. The smallest absolute Gasteiger partial charge is 0.230 e. The van der Waals surface area contributed by atoms with Crippen LogP contribution in [0.5, 0.6) is 23.0 Å². The molecule has 0 amide bonds. The molecule has 42 heavy (non-hydrogen) atoms. The number of aromatic hydroxyl groups is 3. The zero-order valence-electron chi connectivity index (χ0n) is 21.9. The van der Waals surface area contributed by atoms with Crippen molar-refractivity contribution >= 4 is 11.0 Å². The summed E-state index contributed by atoms with van der Waals surface area (Å²) in [5, 5.41) is 92.2. The molecule has 3 aromatic rings. The third-order valence-corrected chi connectivity index (χ3v) is 7.24. The van der Waals surface area contributed by atoms with Crippen molar-refractivity contribution in [2.75, 3.05) is 6.61 Å². The van der Waals surface area contributed by atoms with Crippen LogP contribution < -0.4 is 10.2 Å². The van der Waals surface area contributed by atoms with Gasteiger partial charge in [0.25, 0.3) is 0 Å². The third-order valence-electron chi connectivity index (χ3n) is 7.24. The number of fused-ring (bicyclic) bond motifs is 1. The van der Waals surface area contributed by atoms with Crippen molar-refractivity contribution in [1.82, 2.24) is 0 Å². The fourth-order valence-electron chi connectivity index (χ4n) is 4.85. The monoisotopic (exact) mass is 594 g/mol. The van der Waals surface area contributed by atoms with Crippen molar-refractivity contribution in [2.24, 2.45) is 0 Å². The van der Waals surface area contributed by atoms with Crippen LogP contribution >= 0.6 is 0 Å². The van der Waals surface area contributed by atoms with Gasteiger partial charge in [-0.2, -0.15) is 0 Å². The van der Waals surface area contributed by atoms with Crippen LogP contribution in [0.4, 0.5) is 0 Å². The lowest BCUT2D eigenvalue weighted by molar-refractivity contribution is -0.354. The molecular formula is C27H30O15. The second kappa shape index (κ2) is 11.6. The molecule has 2 saturated heterocycles. The number of hydrogen-bond acceptors (Lipinski definition) is 15. The van der Waals surface area contributed by atoms with Crippen LogP contribution in [0.1, 0.15) is 6.92 Å². The average Bonchev–Trinajstić information content (AvgIpc) is 2.95. The van der Waals surface area contributed by atoms with E-state index in [0.717, 1.165) is 12.1 Å². The summed E-state index contributed by atoms with van der Waals surface area (Å²) in [5.74, 6) is -2.27. The number of ether oxygens (including phenoxy) is 4. The summed E-state index contributed by atoms with van der Waals surface area (Å²) < 4.78 is 27.9. The average molecular weight is 595 g/mol. The molecule has 2 aromatic carbocycles. The van der Waals surface area contributed by atoms with Crippen molar-refractivity contribution in [2.45, 2.75) is 68.3 Å². The first-order chi connectivity index (χ1) is 19.9. The van der Waals surface area contributed by atoms with Gasteiger partial charge in [0.05, 0.1) is 12.7 Å². The summed E-state index contributed by atoms with van der Waals surface area (Å²) in [6.45, 7) is 0.590. The number of aliphatic hydroxyl groups is 6. The maximum absolute atomic E-state index is 13.0. The quantitative estimate of drug-likeness (QED) is 0.159. The van der Waals surface area contributed by atoms with Crippen molar-refractivity contribution in [1.29, 1.82) is 0 Å². The van der Waals surface area contributed by atoms with E-state index in [9.17, 15) is 50.8 Å². The first kappa shape index (κ1) is 30.0. The molecule has 10 atom stereocenters. The molecule has 15 heteroatoms. The van der Waals surface area contributed by atoms with Gasteiger partial charge in [-0.25, -0.2) is 0 Å². The number of rotatable bonds is 6. The van der Waals surface area contributed by atoms with E-state index >= 15 is 0 Å². The van der Waals surface area contributed by atoms with Gasteiger partial charge in [0.1, 0.15) is 59.1 Å². The van der Waals surface area contributed by atoms with Crippen LogP contribution in [0.3, 0.4) is 0 Å². The van der Waals surface area contributed by atoms with Gasteiger partial charge >= 0.3 is 0 Å². The molecule has 4 unspecified atom stereocenters. The lowest BCUT2D eigenvalue weighted by Gasteiger charge is -2.45. The number of aliphatic hydroxyl groups excluding tert-OH is 6. The van der Waals surface area contributed by atoms with Crippen LogP contribution in [-0.4, -0.2) is 114 Å². The van der Waals surface area contributed by atoms with Crippen molar-refractivity contribution in [3.8, 4) is 34.3 Å². The van der Waals surface area contributed by atoms with Crippen LogP contribution in [0, 0.1) is 0 Å². The van der Waals surface area contributed by atoms with Gasteiger partial charge < -0.3 is 69.3 Å². The van der Waals surface area contributed by atoms with Crippen molar-refractivity contribution < 1.29 is 69.3 Å². The Labute approximate surface area is 236 Å². The molecule has 228 valence electrons. The molecule has 0 bridgehead atoms. The lowest BCUT2D eigenvalue weighted by atomic mass is 9.97. The predicted molar refractivity (Wildman–Crippen MR) is 139 cm³/mol. The Morgan fingerprint density at radius 2 is 1.52 bits per heavy atom. The Morgan fingerprint density at radius 1 is 0.833 bits per heavy atom. The van der Waals surface area contributed by atoms with Gasteiger partial charge in [-0.1, -0.05) is 0 Å². The van der Waals surface area contributed by atoms with E-state index in [2.05, 4.69) is 0 Å². The second-order valence-electron chi connectivity index (χ2n) is 10.1. The Bertz CT molecular complexity index is 1470. The van der Waals surface area contributed by atoms with E-state index in [-0.39, 0.29) is 17.1 Å². The van der Waals surface area contributed by atoms with Gasteiger partial charge in [-0.3, -0.25) is 4.79 Å². The number of phenols is 3. The maximum Gasteiger partial charge on any atom is 0.230 e. The topological polar surface area (TPSA) is 249 Å². The Kier molecular flexibility index (Phi) is 8.30. The van der Waals surface area contributed by atoms with Gasteiger partial charge in [0.2, 0.25) is 12.0 Å². The highest BCUT2D eigenvalue weighted by atomic mass is 16.8. The van der Waals surface area contributed by atoms with Crippen LogP contribution in [0.2, 0.25) is 0 Å². The van der Waals surface area contributed by atoms with Crippen molar-refractivity contribution in [3.05, 3.63) is 46.6 Å². The van der Waals surface area contributed by atoms with E-state index in [1.54, 1.807) is 0 Å². The minimum Gasteiger partial charge on any atom is -0.508 e. The molecule has 2 aliphatic heterocycles. The fourth-order valence-corrected chi connectivity index (χ4v) is 4.85. The normalized spacial score (nSPS) is 33.5. The molecule has 2 fully saturated rings. The first-order valence-electron chi connectivity index (χ1n) is 12.9. The number of hydrogen-bond donors (Lipinski definition) is 9. The van der Waals surface area contributed by atoms with Crippen LogP contribution in [0.15, 0.2) is 45.6 Å². The largest absolute Gasteiger partial charge is 0.508 e. The van der Waals surface area contributed by atoms with Crippen LogP contribution in [-0.2, 0) is 14.2 Å². The molecule has 5 rings (SSSR count). The van der Waals surface area contributed by atoms with E-state index in [0.29, 0.717) is 5.56 Å². The molecule has 0 saturated carbocycles. The summed E-state index contributed by atoms with van der Waals surface area (Å²) in [4.78, 5) is 13.0. The van der Waals surface area contributed by atoms with Gasteiger partial charge in [0.15, 0.2) is 29.3 Å². The number of phenolic OH excluding ortho intramolecular Hbond substituents is 3. The van der Waals surface area contributed by atoms with Gasteiger partial charge in [-0.15, -0.1) is 0 Å². The minimum atomic E-state index is -1.86. The molecule has 0 radical (unpaired) electrons.